The van der Waals surface area contributed by atoms with Crippen LogP contribution in [0.15, 0.2) is 0 Å². The lowest BCUT2D eigenvalue weighted by atomic mass is 9.95. The summed E-state index contributed by atoms with van der Waals surface area (Å²) in [6.45, 7) is 3.43. The van der Waals surface area contributed by atoms with E-state index in [1.54, 1.807) is 0 Å². The monoisotopic (exact) mass is 308 g/mol. The zero-order chi connectivity index (χ0) is 14.7. The Bertz CT molecular complexity index is 501. The van der Waals surface area contributed by atoms with Crippen molar-refractivity contribution in [1.29, 1.82) is 0 Å². The van der Waals surface area contributed by atoms with Crippen LogP contribution in [0.4, 0.5) is 5.95 Å². The highest BCUT2D eigenvalue weighted by Gasteiger charge is 2.27. The van der Waals surface area contributed by atoms with E-state index in [1.165, 1.54) is 64.2 Å². The molecule has 1 aromatic heterocycles. The van der Waals surface area contributed by atoms with E-state index < -0.39 is 0 Å². The lowest BCUT2D eigenvalue weighted by molar-refractivity contribution is 0.348. The van der Waals surface area contributed by atoms with Gasteiger partial charge in [0, 0.05) is 18.6 Å². The molecule has 1 unspecified atom stereocenters. The van der Waals surface area contributed by atoms with Crippen LogP contribution in [0.1, 0.15) is 77.2 Å². The summed E-state index contributed by atoms with van der Waals surface area (Å²) >= 11 is 5.55. The van der Waals surface area contributed by atoms with Crippen molar-refractivity contribution in [1.82, 2.24) is 14.8 Å². The second-order valence-electron chi connectivity index (χ2n) is 6.60. The number of aromatic amines is 1. The Hall–Kier alpha value is -0.840. The minimum absolute atomic E-state index is 0.556. The Morgan fingerprint density at radius 3 is 2.57 bits per heavy atom. The summed E-state index contributed by atoms with van der Waals surface area (Å²) in [7, 11) is 0. The van der Waals surface area contributed by atoms with Gasteiger partial charge in [-0.3, -0.25) is 4.57 Å². The molecular weight excluding hydrogens is 280 g/mol. The van der Waals surface area contributed by atoms with Gasteiger partial charge in [-0.25, -0.2) is 5.10 Å². The van der Waals surface area contributed by atoms with Gasteiger partial charge in [-0.05, 0) is 44.3 Å². The molecule has 1 saturated heterocycles. The quantitative estimate of drug-likeness (QED) is 0.829. The Balaban J connectivity index is 1.91. The van der Waals surface area contributed by atoms with Crippen LogP contribution < -0.4 is 4.90 Å². The molecule has 3 rings (SSSR count). The van der Waals surface area contributed by atoms with Crippen molar-refractivity contribution in [2.24, 2.45) is 0 Å². The number of hydrogen-bond donors (Lipinski definition) is 1. The molecule has 118 valence electrons. The van der Waals surface area contributed by atoms with Crippen LogP contribution in [0.3, 0.4) is 0 Å². The maximum absolute atomic E-state index is 5.55. The molecule has 1 aromatic rings. The fourth-order valence-corrected chi connectivity index (χ4v) is 4.31. The van der Waals surface area contributed by atoms with Crippen LogP contribution >= 0.6 is 12.2 Å². The number of nitrogens with zero attached hydrogens (tertiary/aromatic N) is 3. The molecule has 5 heteroatoms. The Kier molecular flexibility index (Phi) is 4.99. The summed E-state index contributed by atoms with van der Waals surface area (Å²) in [6, 6.07) is 1.18. The van der Waals surface area contributed by atoms with Gasteiger partial charge in [0.05, 0.1) is 0 Å². The van der Waals surface area contributed by atoms with Crippen molar-refractivity contribution in [3.05, 3.63) is 4.77 Å². The topological polar surface area (TPSA) is 36.9 Å². The lowest BCUT2D eigenvalue weighted by Gasteiger charge is -2.33. The van der Waals surface area contributed by atoms with Crippen LogP contribution in [-0.4, -0.2) is 27.4 Å². The number of nitrogens with one attached hydrogen (secondary N) is 1. The van der Waals surface area contributed by atoms with E-state index in [2.05, 4.69) is 26.6 Å². The summed E-state index contributed by atoms with van der Waals surface area (Å²) < 4.78 is 3.15. The average Bonchev–Trinajstić information content (AvgIpc) is 2.75. The van der Waals surface area contributed by atoms with Crippen LogP contribution in [0.25, 0.3) is 0 Å². The average molecular weight is 308 g/mol. The molecule has 1 saturated carbocycles. The van der Waals surface area contributed by atoms with Crippen molar-refractivity contribution >= 4 is 18.2 Å². The molecule has 0 aromatic carbocycles. The summed E-state index contributed by atoms with van der Waals surface area (Å²) in [4.78, 5) is 2.54. The third kappa shape index (κ3) is 3.17. The van der Waals surface area contributed by atoms with Crippen molar-refractivity contribution in [3.8, 4) is 0 Å². The second-order valence-corrected chi connectivity index (χ2v) is 6.98. The zero-order valence-electron chi connectivity index (χ0n) is 13.2. The summed E-state index contributed by atoms with van der Waals surface area (Å²) in [5.41, 5.74) is 0. The minimum Gasteiger partial charge on any atom is -0.338 e. The number of rotatable bonds is 3. The van der Waals surface area contributed by atoms with Gasteiger partial charge < -0.3 is 4.90 Å². The molecule has 1 atom stereocenters. The normalized spacial score (nSPS) is 25.0. The molecule has 0 spiro atoms. The summed E-state index contributed by atoms with van der Waals surface area (Å²) in [5, 5.41) is 7.70. The van der Waals surface area contributed by atoms with Gasteiger partial charge in [-0.2, -0.15) is 0 Å². The third-order valence-corrected chi connectivity index (χ3v) is 5.52. The van der Waals surface area contributed by atoms with Crippen molar-refractivity contribution in [2.45, 2.75) is 83.2 Å². The molecule has 2 aliphatic rings. The molecule has 0 amide bonds. The van der Waals surface area contributed by atoms with Crippen molar-refractivity contribution in [3.63, 3.8) is 0 Å². The fourth-order valence-electron chi connectivity index (χ4n) is 4.03. The molecule has 2 fully saturated rings. The molecule has 1 aliphatic carbocycles. The van der Waals surface area contributed by atoms with E-state index in [-0.39, 0.29) is 0 Å². The molecular formula is C16H28N4S. The van der Waals surface area contributed by atoms with E-state index in [9.17, 15) is 0 Å². The highest BCUT2D eigenvalue weighted by atomic mass is 32.1. The van der Waals surface area contributed by atoms with Gasteiger partial charge in [-0.1, -0.05) is 39.0 Å². The second kappa shape index (κ2) is 6.95. The number of anilines is 1. The highest BCUT2D eigenvalue weighted by molar-refractivity contribution is 7.71. The standard InChI is InChI=1S/C16H28N4S/c1-2-13-9-7-4-8-12-19(13)15-17-18-16(21)20(15)14-10-5-3-6-11-14/h13-14H,2-12H2,1H3,(H,18,21). The first-order valence-electron chi connectivity index (χ1n) is 8.74. The van der Waals surface area contributed by atoms with Gasteiger partial charge in [0.2, 0.25) is 5.95 Å². The summed E-state index contributed by atoms with van der Waals surface area (Å²) in [6.07, 6.45) is 13.0. The van der Waals surface area contributed by atoms with E-state index >= 15 is 0 Å². The number of aromatic nitrogens is 3. The van der Waals surface area contributed by atoms with Gasteiger partial charge >= 0.3 is 0 Å². The Morgan fingerprint density at radius 1 is 1.10 bits per heavy atom. The molecule has 1 aliphatic heterocycles. The predicted molar refractivity (Wildman–Crippen MR) is 89.4 cm³/mol. The highest BCUT2D eigenvalue weighted by Crippen LogP contribution is 2.33. The van der Waals surface area contributed by atoms with E-state index in [4.69, 9.17) is 12.2 Å². The van der Waals surface area contributed by atoms with Gasteiger partial charge in [0.1, 0.15) is 0 Å². The van der Waals surface area contributed by atoms with Crippen LogP contribution in [0.5, 0.6) is 0 Å². The smallest absolute Gasteiger partial charge is 0.226 e. The largest absolute Gasteiger partial charge is 0.338 e. The first-order valence-corrected chi connectivity index (χ1v) is 9.15. The first kappa shape index (κ1) is 15.1. The minimum atomic E-state index is 0.556. The molecule has 0 bridgehead atoms. The van der Waals surface area contributed by atoms with E-state index in [1.807, 2.05) is 0 Å². The van der Waals surface area contributed by atoms with Crippen LogP contribution in [-0.2, 0) is 0 Å². The van der Waals surface area contributed by atoms with E-state index in [0.717, 1.165) is 17.3 Å². The van der Waals surface area contributed by atoms with Crippen LogP contribution in [0.2, 0.25) is 0 Å². The first-order chi connectivity index (χ1) is 10.3. The molecule has 21 heavy (non-hydrogen) atoms. The van der Waals surface area contributed by atoms with Gasteiger partial charge in [-0.15, -0.1) is 5.10 Å². The number of H-pyrrole nitrogens is 1. The molecule has 4 nitrogen and oxygen atoms in total. The maximum atomic E-state index is 5.55. The summed E-state index contributed by atoms with van der Waals surface area (Å²) in [5.74, 6) is 1.11. The van der Waals surface area contributed by atoms with Crippen molar-refractivity contribution < 1.29 is 0 Å². The Labute approximate surface area is 132 Å². The van der Waals surface area contributed by atoms with Gasteiger partial charge in [0.15, 0.2) is 4.77 Å². The lowest BCUT2D eigenvalue weighted by Crippen LogP contribution is -2.37. The van der Waals surface area contributed by atoms with Crippen LogP contribution in [0, 0.1) is 4.77 Å². The van der Waals surface area contributed by atoms with Gasteiger partial charge in [0.25, 0.3) is 0 Å². The van der Waals surface area contributed by atoms with Crippen molar-refractivity contribution in [2.75, 3.05) is 11.4 Å². The zero-order valence-corrected chi connectivity index (χ0v) is 14.0. The SMILES string of the molecule is CCC1CCCCCN1c1n[nH]c(=S)n1C1CCCCC1. The predicted octanol–water partition coefficient (Wildman–Crippen LogP) is 4.60. The molecule has 1 N–H and O–H groups in total. The molecule has 2 heterocycles. The fraction of sp³-hybridized carbons (Fsp3) is 0.875. The number of hydrogen-bond acceptors (Lipinski definition) is 3. The Morgan fingerprint density at radius 2 is 1.81 bits per heavy atom. The maximum Gasteiger partial charge on any atom is 0.226 e. The molecule has 0 radical (unpaired) electrons. The third-order valence-electron chi connectivity index (χ3n) is 5.23. The van der Waals surface area contributed by atoms with E-state index in [0.29, 0.717) is 12.1 Å².